The van der Waals surface area contributed by atoms with Gasteiger partial charge >= 0.3 is 0 Å². The van der Waals surface area contributed by atoms with Gasteiger partial charge in [0.05, 0.1) is 11.4 Å². The summed E-state index contributed by atoms with van der Waals surface area (Å²) < 4.78 is 0. The highest BCUT2D eigenvalue weighted by atomic mass is 14.8. The van der Waals surface area contributed by atoms with Crippen molar-refractivity contribution in [1.82, 2.24) is 0 Å². The molecule has 0 radical (unpaired) electrons. The molecular weight excluding hydrogens is 172 g/mol. The summed E-state index contributed by atoms with van der Waals surface area (Å²) in [5.41, 5.74) is 3.33. The molecule has 1 aliphatic rings. The Balaban J connectivity index is 3.06. The molecule has 0 amide bonds. The van der Waals surface area contributed by atoms with Gasteiger partial charge < -0.3 is 0 Å². The molecule has 0 fully saturated rings. The lowest BCUT2D eigenvalue weighted by Gasteiger charge is -2.13. The van der Waals surface area contributed by atoms with Crippen molar-refractivity contribution in [2.24, 2.45) is 4.99 Å². The predicted molar refractivity (Wildman–Crippen MR) is 62.1 cm³/mol. The number of nitrogens with one attached hydrogen (secondary N) is 1. The SMILES string of the molecule is C=CC1=C(C(=N)/C(C)=C\C)N=CCC1. The molecule has 1 heterocycles. The summed E-state index contributed by atoms with van der Waals surface area (Å²) in [5, 5.41) is 7.94. The number of aliphatic imine (C=N–C) groups is 1. The highest BCUT2D eigenvalue weighted by Gasteiger charge is 2.12. The third-order valence-corrected chi connectivity index (χ3v) is 2.38. The first kappa shape index (κ1) is 10.6. The fraction of sp³-hybridized carbons (Fsp3) is 0.333. The Morgan fingerprint density at radius 1 is 1.64 bits per heavy atom. The van der Waals surface area contributed by atoms with Crippen molar-refractivity contribution >= 4 is 11.9 Å². The minimum Gasteiger partial charge on any atom is -0.298 e. The van der Waals surface area contributed by atoms with Crippen LogP contribution in [-0.4, -0.2) is 11.9 Å². The summed E-state index contributed by atoms with van der Waals surface area (Å²) in [7, 11) is 0. The fourth-order valence-electron chi connectivity index (χ4n) is 1.33. The molecule has 0 saturated carbocycles. The Hall–Kier alpha value is -1.44. The van der Waals surface area contributed by atoms with Gasteiger partial charge in [0.1, 0.15) is 0 Å². The maximum atomic E-state index is 7.94. The summed E-state index contributed by atoms with van der Waals surface area (Å²) in [6.45, 7) is 7.62. The van der Waals surface area contributed by atoms with Crippen LogP contribution in [0.4, 0.5) is 0 Å². The lowest BCUT2D eigenvalue weighted by molar-refractivity contribution is 1.01. The summed E-state index contributed by atoms with van der Waals surface area (Å²) >= 11 is 0. The number of nitrogens with zero attached hydrogens (tertiary/aromatic N) is 1. The van der Waals surface area contributed by atoms with Crippen LogP contribution in [0.25, 0.3) is 0 Å². The van der Waals surface area contributed by atoms with E-state index in [0.29, 0.717) is 5.71 Å². The zero-order valence-corrected chi connectivity index (χ0v) is 8.80. The van der Waals surface area contributed by atoms with E-state index < -0.39 is 0 Å². The lowest BCUT2D eigenvalue weighted by atomic mass is 9.99. The number of hydrogen-bond donors (Lipinski definition) is 1. The van der Waals surface area contributed by atoms with E-state index >= 15 is 0 Å². The van der Waals surface area contributed by atoms with Gasteiger partial charge in [-0.3, -0.25) is 10.4 Å². The maximum absolute atomic E-state index is 7.94. The molecule has 0 saturated heterocycles. The largest absolute Gasteiger partial charge is 0.298 e. The molecule has 1 aliphatic heterocycles. The fourth-order valence-corrected chi connectivity index (χ4v) is 1.33. The summed E-state index contributed by atoms with van der Waals surface area (Å²) in [6, 6.07) is 0. The zero-order valence-electron chi connectivity index (χ0n) is 8.80. The van der Waals surface area contributed by atoms with Gasteiger partial charge in [0.15, 0.2) is 0 Å². The van der Waals surface area contributed by atoms with Crippen LogP contribution < -0.4 is 0 Å². The first-order valence-corrected chi connectivity index (χ1v) is 4.81. The highest BCUT2D eigenvalue weighted by Crippen LogP contribution is 2.20. The summed E-state index contributed by atoms with van der Waals surface area (Å²) in [4.78, 5) is 4.27. The average molecular weight is 188 g/mol. The normalized spacial score (nSPS) is 17.1. The van der Waals surface area contributed by atoms with Crippen LogP contribution in [0, 0.1) is 5.41 Å². The van der Waals surface area contributed by atoms with Crippen molar-refractivity contribution < 1.29 is 0 Å². The molecule has 0 aromatic heterocycles. The Morgan fingerprint density at radius 2 is 2.36 bits per heavy atom. The van der Waals surface area contributed by atoms with Crippen LogP contribution in [0.15, 0.2) is 40.6 Å². The van der Waals surface area contributed by atoms with Gasteiger partial charge in [-0.25, -0.2) is 0 Å². The smallest absolute Gasteiger partial charge is 0.0909 e. The van der Waals surface area contributed by atoms with Crippen LogP contribution in [0.2, 0.25) is 0 Å². The van der Waals surface area contributed by atoms with Gasteiger partial charge in [0.2, 0.25) is 0 Å². The topological polar surface area (TPSA) is 36.2 Å². The predicted octanol–water partition coefficient (Wildman–Crippen LogP) is 3.28. The van der Waals surface area contributed by atoms with E-state index in [4.69, 9.17) is 5.41 Å². The molecule has 0 aliphatic carbocycles. The standard InChI is InChI=1S/C12H16N2/c1-4-9(3)11(13)12-10(5-2)7-6-8-14-12/h4-5,8,13H,2,6-7H2,1,3H3/b9-4-,13-11?. The van der Waals surface area contributed by atoms with E-state index in [1.165, 1.54) is 0 Å². The van der Waals surface area contributed by atoms with Crippen LogP contribution in [0.3, 0.4) is 0 Å². The molecule has 0 spiro atoms. The summed E-state index contributed by atoms with van der Waals surface area (Å²) in [5.74, 6) is 0. The number of hydrogen-bond acceptors (Lipinski definition) is 2. The molecule has 1 N–H and O–H groups in total. The first-order chi connectivity index (χ1) is 6.70. The third kappa shape index (κ3) is 2.08. The van der Waals surface area contributed by atoms with Gasteiger partial charge in [-0.15, -0.1) is 0 Å². The van der Waals surface area contributed by atoms with Crippen molar-refractivity contribution in [3.05, 3.63) is 35.6 Å². The van der Waals surface area contributed by atoms with Crippen molar-refractivity contribution in [2.75, 3.05) is 0 Å². The Labute approximate surface area is 85.3 Å². The second-order valence-corrected chi connectivity index (χ2v) is 3.28. The van der Waals surface area contributed by atoms with E-state index in [1.54, 1.807) is 0 Å². The maximum Gasteiger partial charge on any atom is 0.0909 e. The first-order valence-electron chi connectivity index (χ1n) is 4.81. The van der Waals surface area contributed by atoms with Gasteiger partial charge in [-0.05, 0) is 37.8 Å². The van der Waals surface area contributed by atoms with E-state index in [-0.39, 0.29) is 0 Å². The quantitative estimate of drug-likeness (QED) is 0.660. The van der Waals surface area contributed by atoms with Crippen molar-refractivity contribution in [3.8, 4) is 0 Å². The van der Waals surface area contributed by atoms with E-state index in [1.807, 2.05) is 32.2 Å². The second-order valence-electron chi connectivity index (χ2n) is 3.28. The molecular formula is C12H16N2. The van der Waals surface area contributed by atoms with Crippen LogP contribution >= 0.6 is 0 Å². The Morgan fingerprint density at radius 3 is 2.93 bits per heavy atom. The van der Waals surface area contributed by atoms with Crippen LogP contribution in [0.5, 0.6) is 0 Å². The molecule has 0 atom stereocenters. The zero-order chi connectivity index (χ0) is 10.6. The third-order valence-electron chi connectivity index (χ3n) is 2.38. The molecule has 14 heavy (non-hydrogen) atoms. The average Bonchev–Trinajstić information content (AvgIpc) is 2.26. The molecule has 0 aromatic rings. The second kappa shape index (κ2) is 4.70. The minimum atomic E-state index is 0.512. The van der Waals surface area contributed by atoms with Gasteiger partial charge in [-0.1, -0.05) is 18.7 Å². The molecule has 74 valence electrons. The van der Waals surface area contributed by atoms with Gasteiger partial charge in [-0.2, -0.15) is 0 Å². The number of rotatable bonds is 3. The van der Waals surface area contributed by atoms with Gasteiger partial charge in [0, 0.05) is 6.21 Å². The molecule has 2 nitrogen and oxygen atoms in total. The van der Waals surface area contributed by atoms with E-state index in [9.17, 15) is 0 Å². The molecule has 0 bridgehead atoms. The van der Waals surface area contributed by atoms with Gasteiger partial charge in [0.25, 0.3) is 0 Å². The van der Waals surface area contributed by atoms with Crippen molar-refractivity contribution in [1.29, 1.82) is 5.41 Å². The lowest BCUT2D eigenvalue weighted by Crippen LogP contribution is -2.07. The molecule has 0 unspecified atom stereocenters. The minimum absolute atomic E-state index is 0.512. The van der Waals surface area contributed by atoms with Crippen LogP contribution in [0.1, 0.15) is 26.7 Å². The van der Waals surface area contributed by atoms with E-state index in [2.05, 4.69) is 11.6 Å². The van der Waals surface area contributed by atoms with Crippen molar-refractivity contribution in [3.63, 3.8) is 0 Å². The van der Waals surface area contributed by atoms with Crippen LogP contribution in [-0.2, 0) is 0 Å². The van der Waals surface area contributed by atoms with E-state index in [0.717, 1.165) is 29.7 Å². The van der Waals surface area contributed by atoms with Crippen molar-refractivity contribution in [2.45, 2.75) is 26.7 Å². The molecule has 1 rings (SSSR count). The number of allylic oxidation sites excluding steroid dienone is 4. The molecule has 2 heteroatoms. The Kier molecular flexibility index (Phi) is 3.57. The Bertz CT molecular complexity index is 343. The summed E-state index contributed by atoms with van der Waals surface area (Å²) in [6.07, 6.45) is 7.51. The molecule has 0 aromatic carbocycles. The monoisotopic (exact) mass is 188 g/mol. The highest BCUT2D eigenvalue weighted by molar-refractivity contribution is 6.11.